The largest absolute Gasteiger partial charge is 0.322 e. The SMILES string of the molecule is Cc1cc(NC(=O)c2csc(C(=O)Nc3cccc(NS(C)(=O)=O)c3)c2)ccc1Cl. The monoisotopic (exact) mass is 463 g/mol. The normalized spacial score (nSPS) is 11.0. The Morgan fingerprint density at radius 3 is 2.30 bits per heavy atom. The summed E-state index contributed by atoms with van der Waals surface area (Å²) in [5.74, 6) is -0.746. The highest BCUT2D eigenvalue weighted by Gasteiger charge is 2.15. The van der Waals surface area contributed by atoms with E-state index in [0.717, 1.165) is 23.2 Å². The fourth-order valence-corrected chi connectivity index (χ4v) is 4.02. The van der Waals surface area contributed by atoms with Crippen molar-refractivity contribution in [2.24, 2.45) is 0 Å². The van der Waals surface area contributed by atoms with Gasteiger partial charge in [0.05, 0.1) is 22.4 Å². The van der Waals surface area contributed by atoms with Gasteiger partial charge in [0.1, 0.15) is 0 Å². The Kier molecular flexibility index (Phi) is 6.45. The number of rotatable bonds is 6. The Bertz CT molecular complexity index is 1220. The first-order valence-corrected chi connectivity index (χ1v) is 11.8. The summed E-state index contributed by atoms with van der Waals surface area (Å²) in [4.78, 5) is 25.3. The van der Waals surface area contributed by atoms with Gasteiger partial charge in [0.25, 0.3) is 11.8 Å². The Labute approximate surface area is 183 Å². The number of sulfonamides is 1. The summed E-state index contributed by atoms with van der Waals surface area (Å²) in [6.07, 6.45) is 1.04. The van der Waals surface area contributed by atoms with Gasteiger partial charge < -0.3 is 10.6 Å². The van der Waals surface area contributed by atoms with Crippen LogP contribution >= 0.6 is 22.9 Å². The van der Waals surface area contributed by atoms with Crippen molar-refractivity contribution in [2.45, 2.75) is 6.92 Å². The molecule has 2 amide bonds. The molecule has 0 radical (unpaired) electrons. The van der Waals surface area contributed by atoms with Gasteiger partial charge in [0, 0.05) is 21.8 Å². The summed E-state index contributed by atoms with van der Waals surface area (Å²) in [5, 5.41) is 7.66. The minimum atomic E-state index is -3.42. The average Bonchev–Trinajstić information content (AvgIpc) is 3.14. The third-order valence-corrected chi connectivity index (χ3v) is 5.88. The molecule has 0 spiro atoms. The van der Waals surface area contributed by atoms with Crippen molar-refractivity contribution in [3.8, 4) is 0 Å². The lowest BCUT2D eigenvalue weighted by Gasteiger charge is -2.07. The molecule has 1 aromatic heterocycles. The summed E-state index contributed by atoms with van der Waals surface area (Å²) >= 11 is 7.12. The standard InChI is InChI=1S/C20H18ClN3O4S2/c1-12-8-15(6-7-17(12)21)22-19(25)13-9-18(29-11-13)20(26)23-14-4-3-5-16(10-14)24-30(2,27)28/h3-11,24H,1-2H3,(H,22,25)(H,23,26). The molecule has 0 fully saturated rings. The van der Waals surface area contributed by atoms with Crippen LogP contribution in [0.1, 0.15) is 25.6 Å². The van der Waals surface area contributed by atoms with Gasteiger partial charge in [0.15, 0.2) is 0 Å². The van der Waals surface area contributed by atoms with Crippen molar-refractivity contribution in [1.29, 1.82) is 0 Å². The van der Waals surface area contributed by atoms with Crippen LogP contribution in [0.2, 0.25) is 5.02 Å². The Morgan fingerprint density at radius 2 is 1.60 bits per heavy atom. The second-order valence-corrected chi connectivity index (χ2v) is 9.59. The number of carbonyl (C=O) groups is 2. The van der Waals surface area contributed by atoms with E-state index in [4.69, 9.17) is 11.6 Å². The molecule has 3 rings (SSSR count). The number of thiophene rings is 1. The lowest BCUT2D eigenvalue weighted by atomic mass is 10.2. The van der Waals surface area contributed by atoms with Crippen molar-refractivity contribution >= 4 is 61.8 Å². The zero-order valence-electron chi connectivity index (χ0n) is 16.0. The van der Waals surface area contributed by atoms with E-state index >= 15 is 0 Å². The summed E-state index contributed by atoms with van der Waals surface area (Å²) < 4.78 is 25.0. The molecule has 0 aliphatic carbocycles. The molecule has 3 N–H and O–H groups in total. The fourth-order valence-electron chi connectivity index (χ4n) is 2.57. The lowest BCUT2D eigenvalue weighted by molar-refractivity contribution is 0.102. The first-order valence-electron chi connectivity index (χ1n) is 8.66. The molecule has 0 bridgehead atoms. The summed E-state index contributed by atoms with van der Waals surface area (Å²) in [7, 11) is -3.42. The second kappa shape index (κ2) is 8.86. The van der Waals surface area contributed by atoms with Crippen LogP contribution in [0.15, 0.2) is 53.9 Å². The van der Waals surface area contributed by atoms with Crippen LogP contribution in [0.3, 0.4) is 0 Å². The van der Waals surface area contributed by atoms with Gasteiger partial charge in [-0.1, -0.05) is 17.7 Å². The van der Waals surface area contributed by atoms with Crippen LogP contribution in [0.5, 0.6) is 0 Å². The average molecular weight is 464 g/mol. The van der Waals surface area contributed by atoms with Gasteiger partial charge in [-0.25, -0.2) is 8.42 Å². The Morgan fingerprint density at radius 1 is 0.933 bits per heavy atom. The van der Waals surface area contributed by atoms with E-state index in [-0.39, 0.29) is 5.91 Å². The maximum Gasteiger partial charge on any atom is 0.265 e. The first-order chi connectivity index (χ1) is 14.1. The number of halogens is 1. The zero-order chi connectivity index (χ0) is 21.9. The van der Waals surface area contributed by atoms with Gasteiger partial charge in [-0.2, -0.15) is 0 Å². The maximum atomic E-state index is 12.5. The van der Waals surface area contributed by atoms with Crippen LogP contribution < -0.4 is 15.4 Å². The fraction of sp³-hybridized carbons (Fsp3) is 0.100. The van der Waals surface area contributed by atoms with Crippen molar-refractivity contribution in [1.82, 2.24) is 0 Å². The number of carbonyl (C=O) groups excluding carboxylic acids is 2. The van der Waals surface area contributed by atoms with E-state index in [1.54, 1.807) is 41.8 Å². The molecular weight excluding hydrogens is 446 g/mol. The van der Waals surface area contributed by atoms with Gasteiger partial charge in [-0.05, 0) is 55.0 Å². The van der Waals surface area contributed by atoms with Gasteiger partial charge in [-0.3, -0.25) is 14.3 Å². The van der Waals surface area contributed by atoms with Crippen LogP contribution in [-0.2, 0) is 10.0 Å². The van der Waals surface area contributed by atoms with Crippen molar-refractivity contribution in [3.05, 3.63) is 74.9 Å². The number of amides is 2. The molecular formula is C20H18ClN3O4S2. The minimum absolute atomic E-state index is 0.333. The molecule has 2 aromatic carbocycles. The molecule has 1 heterocycles. The predicted octanol–water partition coefficient (Wildman–Crippen LogP) is 4.59. The van der Waals surface area contributed by atoms with Crippen LogP contribution in [0, 0.1) is 6.92 Å². The van der Waals surface area contributed by atoms with Crippen molar-refractivity contribution < 1.29 is 18.0 Å². The number of aryl methyl sites for hydroxylation is 1. The molecule has 156 valence electrons. The second-order valence-electron chi connectivity index (χ2n) is 6.53. The highest BCUT2D eigenvalue weighted by Crippen LogP contribution is 2.22. The van der Waals surface area contributed by atoms with E-state index < -0.39 is 15.9 Å². The Hall–Kier alpha value is -2.88. The summed E-state index contributed by atoms with van der Waals surface area (Å²) in [5.41, 5.74) is 2.55. The van der Waals surface area contributed by atoms with E-state index in [2.05, 4.69) is 15.4 Å². The van der Waals surface area contributed by atoms with Gasteiger partial charge in [-0.15, -0.1) is 11.3 Å². The van der Waals surface area contributed by atoms with Crippen LogP contribution in [-0.4, -0.2) is 26.5 Å². The molecule has 3 aromatic rings. The highest BCUT2D eigenvalue weighted by molar-refractivity contribution is 7.92. The van der Waals surface area contributed by atoms with Gasteiger partial charge in [0.2, 0.25) is 10.0 Å². The molecule has 10 heteroatoms. The molecule has 0 atom stereocenters. The van der Waals surface area contributed by atoms with E-state index in [9.17, 15) is 18.0 Å². The quantitative estimate of drug-likeness (QED) is 0.497. The topological polar surface area (TPSA) is 104 Å². The first kappa shape index (κ1) is 21.8. The van der Waals surface area contributed by atoms with Crippen LogP contribution in [0.4, 0.5) is 17.1 Å². The molecule has 0 saturated carbocycles. The number of nitrogens with one attached hydrogen (secondary N) is 3. The van der Waals surface area contributed by atoms with Crippen molar-refractivity contribution in [3.63, 3.8) is 0 Å². The predicted molar refractivity (Wildman–Crippen MR) is 121 cm³/mol. The molecule has 0 unspecified atom stereocenters. The smallest absolute Gasteiger partial charge is 0.265 e. The third kappa shape index (κ3) is 5.82. The highest BCUT2D eigenvalue weighted by atomic mass is 35.5. The molecule has 0 saturated heterocycles. The number of hydrogen-bond donors (Lipinski definition) is 3. The van der Waals surface area contributed by atoms with E-state index in [1.165, 1.54) is 12.1 Å². The van der Waals surface area contributed by atoms with E-state index in [0.29, 0.717) is 32.5 Å². The van der Waals surface area contributed by atoms with Crippen LogP contribution in [0.25, 0.3) is 0 Å². The number of hydrogen-bond acceptors (Lipinski definition) is 5. The summed E-state index contributed by atoms with van der Waals surface area (Å²) in [6.45, 7) is 1.84. The van der Waals surface area contributed by atoms with Crippen molar-refractivity contribution in [2.75, 3.05) is 21.6 Å². The zero-order valence-corrected chi connectivity index (χ0v) is 18.4. The van der Waals surface area contributed by atoms with E-state index in [1.807, 2.05) is 6.92 Å². The lowest BCUT2D eigenvalue weighted by Crippen LogP contribution is -2.13. The Balaban J connectivity index is 1.68. The third-order valence-electron chi connectivity index (χ3n) is 3.92. The summed E-state index contributed by atoms with van der Waals surface area (Å²) in [6, 6.07) is 13.0. The molecule has 30 heavy (non-hydrogen) atoms. The number of anilines is 3. The molecule has 0 aliphatic heterocycles. The van der Waals surface area contributed by atoms with Gasteiger partial charge >= 0.3 is 0 Å². The number of benzene rings is 2. The molecule has 7 nitrogen and oxygen atoms in total. The minimum Gasteiger partial charge on any atom is -0.322 e. The molecule has 0 aliphatic rings. The maximum absolute atomic E-state index is 12.5.